The van der Waals surface area contributed by atoms with Gasteiger partial charge in [0.15, 0.2) is 18.9 Å². The van der Waals surface area contributed by atoms with Crippen LogP contribution in [0.3, 0.4) is 0 Å². The van der Waals surface area contributed by atoms with Gasteiger partial charge in [-0.1, -0.05) is 0 Å². The SMILES string of the molecule is COC(C)C[n+]1ccc(C)cc1. The van der Waals surface area contributed by atoms with Crippen LogP contribution < -0.4 is 4.57 Å². The summed E-state index contributed by atoms with van der Waals surface area (Å²) in [5.74, 6) is 0. The monoisotopic (exact) mass is 166 g/mol. The molecule has 1 unspecified atom stereocenters. The van der Waals surface area contributed by atoms with Crippen LogP contribution in [0.25, 0.3) is 0 Å². The van der Waals surface area contributed by atoms with Crippen molar-refractivity contribution in [1.29, 1.82) is 0 Å². The lowest BCUT2D eigenvalue weighted by Crippen LogP contribution is -2.38. The summed E-state index contributed by atoms with van der Waals surface area (Å²) in [6, 6.07) is 4.20. The Hall–Kier alpha value is -0.890. The molecule has 2 heteroatoms. The molecule has 0 radical (unpaired) electrons. The number of pyridine rings is 1. The molecule has 0 aromatic carbocycles. The molecule has 0 saturated carbocycles. The second-order valence-electron chi connectivity index (χ2n) is 3.12. The van der Waals surface area contributed by atoms with E-state index in [1.54, 1.807) is 7.11 Å². The number of aryl methyl sites for hydroxylation is 1. The van der Waals surface area contributed by atoms with E-state index in [2.05, 4.69) is 42.9 Å². The summed E-state index contributed by atoms with van der Waals surface area (Å²) in [7, 11) is 1.74. The third-order valence-electron chi connectivity index (χ3n) is 1.93. The molecule has 0 fully saturated rings. The molecule has 0 aliphatic heterocycles. The highest BCUT2D eigenvalue weighted by molar-refractivity contribution is 5.03. The lowest BCUT2D eigenvalue weighted by molar-refractivity contribution is -0.703. The average molecular weight is 166 g/mol. The Bertz CT molecular complexity index is 230. The van der Waals surface area contributed by atoms with E-state index in [9.17, 15) is 0 Å². The summed E-state index contributed by atoms with van der Waals surface area (Å²) in [4.78, 5) is 0. The predicted molar refractivity (Wildman–Crippen MR) is 47.8 cm³/mol. The summed E-state index contributed by atoms with van der Waals surface area (Å²) in [6.45, 7) is 5.06. The molecule has 0 aliphatic carbocycles. The molecule has 0 saturated heterocycles. The van der Waals surface area contributed by atoms with Crippen LogP contribution in [-0.2, 0) is 11.3 Å². The zero-order valence-electron chi connectivity index (χ0n) is 7.95. The van der Waals surface area contributed by atoms with Crippen LogP contribution in [0, 0.1) is 6.92 Å². The van der Waals surface area contributed by atoms with Crippen molar-refractivity contribution in [2.75, 3.05) is 7.11 Å². The highest BCUT2D eigenvalue weighted by Crippen LogP contribution is 1.92. The Balaban J connectivity index is 2.58. The maximum Gasteiger partial charge on any atom is 0.174 e. The highest BCUT2D eigenvalue weighted by Gasteiger charge is 2.05. The van der Waals surface area contributed by atoms with Gasteiger partial charge < -0.3 is 4.74 Å². The van der Waals surface area contributed by atoms with Crippen LogP contribution in [0.2, 0.25) is 0 Å². The van der Waals surface area contributed by atoms with E-state index in [1.807, 2.05) is 0 Å². The summed E-state index contributed by atoms with van der Waals surface area (Å²) in [6.07, 6.45) is 4.42. The molecule has 0 spiro atoms. The van der Waals surface area contributed by atoms with E-state index in [1.165, 1.54) is 5.56 Å². The first-order chi connectivity index (χ1) is 5.72. The van der Waals surface area contributed by atoms with Gasteiger partial charge in [-0.15, -0.1) is 0 Å². The lowest BCUT2D eigenvalue weighted by atomic mass is 10.3. The minimum absolute atomic E-state index is 0.276. The van der Waals surface area contributed by atoms with Gasteiger partial charge in [0.2, 0.25) is 0 Å². The number of hydrogen-bond donors (Lipinski definition) is 0. The average Bonchev–Trinajstić information content (AvgIpc) is 2.09. The molecule has 12 heavy (non-hydrogen) atoms. The fourth-order valence-electron chi connectivity index (χ4n) is 1.02. The van der Waals surface area contributed by atoms with E-state index >= 15 is 0 Å². The minimum atomic E-state index is 0.276. The molecule has 1 heterocycles. The van der Waals surface area contributed by atoms with Crippen molar-refractivity contribution >= 4 is 0 Å². The van der Waals surface area contributed by atoms with E-state index in [4.69, 9.17) is 4.74 Å². The normalized spacial score (nSPS) is 12.9. The first-order valence-electron chi connectivity index (χ1n) is 4.21. The quantitative estimate of drug-likeness (QED) is 0.617. The largest absolute Gasteiger partial charge is 0.375 e. The van der Waals surface area contributed by atoms with Gasteiger partial charge in [-0.05, 0) is 19.4 Å². The van der Waals surface area contributed by atoms with Crippen molar-refractivity contribution in [3.63, 3.8) is 0 Å². The van der Waals surface area contributed by atoms with Crippen molar-refractivity contribution in [2.45, 2.75) is 26.5 Å². The second kappa shape index (κ2) is 4.21. The van der Waals surface area contributed by atoms with Gasteiger partial charge in [0, 0.05) is 19.2 Å². The molecule has 2 nitrogen and oxygen atoms in total. The van der Waals surface area contributed by atoms with Gasteiger partial charge in [0.05, 0.1) is 0 Å². The van der Waals surface area contributed by atoms with Gasteiger partial charge >= 0.3 is 0 Å². The van der Waals surface area contributed by atoms with Crippen LogP contribution in [0.4, 0.5) is 0 Å². The molecule has 1 aromatic rings. The van der Waals surface area contributed by atoms with Gasteiger partial charge in [-0.25, -0.2) is 4.57 Å². The third kappa shape index (κ3) is 2.62. The molecule has 0 bridgehead atoms. The Kier molecular flexibility index (Phi) is 3.23. The van der Waals surface area contributed by atoms with Crippen LogP contribution in [0.1, 0.15) is 12.5 Å². The molecule has 1 atom stereocenters. The van der Waals surface area contributed by atoms with Gasteiger partial charge in [-0.3, -0.25) is 0 Å². The molecule has 0 N–H and O–H groups in total. The Morgan fingerprint density at radius 2 is 2.00 bits per heavy atom. The number of hydrogen-bond acceptors (Lipinski definition) is 1. The maximum absolute atomic E-state index is 5.16. The van der Waals surface area contributed by atoms with Crippen molar-refractivity contribution < 1.29 is 9.30 Å². The zero-order valence-corrected chi connectivity index (χ0v) is 7.95. The smallest absolute Gasteiger partial charge is 0.174 e. The predicted octanol–water partition coefficient (Wildman–Crippen LogP) is 1.32. The van der Waals surface area contributed by atoms with E-state index in [-0.39, 0.29) is 6.10 Å². The number of ether oxygens (including phenoxy) is 1. The minimum Gasteiger partial charge on any atom is -0.375 e. The number of nitrogens with zero attached hydrogens (tertiary/aromatic N) is 1. The van der Waals surface area contributed by atoms with E-state index in [0.717, 1.165) is 6.54 Å². The summed E-state index contributed by atoms with van der Waals surface area (Å²) < 4.78 is 7.29. The fourth-order valence-corrected chi connectivity index (χ4v) is 1.02. The Morgan fingerprint density at radius 1 is 1.42 bits per heavy atom. The summed E-state index contributed by atoms with van der Waals surface area (Å²) in [5.41, 5.74) is 1.29. The van der Waals surface area contributed by atoms with Crippen LogP contribution in [0.5, 0.6) is 0 Å². The topological polar surface area (TPSA) is 13.1 Å². The molecule has 1 aromatic heterocycles. The van der Waals surface area contributed by atoms with Crippen LogP contribution >= 0.6 is 0 Å². The second-order valence-corrected chi connectivity index (χ2v) is 3.12. The molecule has 66 valence electrons. The first kappa shape index (κ1) is 9.20. The van der Waals surface area contributed by atoms with Crippen molar-refractivity contribution in [3.8, 4) is 0 Å². The standard InChI is InChI=1S/C10H16NO/c1-9-4-6-11(7-5-9)8-10(2)12-3/h4-7,10H,8H2,1-3H3/q+1. The van der Waals surface area contributed by atoms with Crippen molar-refractivity contribution in [3.05, 3.63) is 30.1 Å². The van der Waals surface area contributed by atoms with Gasteiger partial charge in [0.1, 0.15) is 6.10 Å². The molecule has 0 amide bonds. The van der Waals surface area contributed by atoms with Crippen molar-refractivity contribution in [1.82, 2.24) is 0 Å². The van der Waals surface area contributed by atoms with Crippen molar-refractivity contribution in [2.24, 2.45) is 0 Å². The fraction of sp³-hybridized carbons (Fsp3) is 0.500. The molecular formula is C10H16NO+. The highest BCUT2D eigenvalue weighted by atomic mass is 16.5. The third-order valence-corrected chi connectivity index (χ3v) is 1.93. The molecular weight excluding hydrogens is 150 g/mol. The zero-order chi connectivity index (χ0) is 8.97. The molecule has 1 rings (SSSR count). The summed E-state index contributed by atoms with van der Waals surface area (Å²) >= 11 is 0. The van der Waals surface area contributed by atoms with Crippen LogP contribution in [0.15, 0.2) is 24.5 Å². The molecule has 0 aliphatic rings. The number of rotatable bonds is 3. The van der Waals surface area contributed by atoms with Gasteiger partial charge in [-0.2, -0.15) is 0 Å². The number of methoxy groups -OCH3 is 1. The van der Waals surface area contributed by atoms with E-state index in [0.29, 0.717) is 0 Å². The van der Waals surface area contributed by atoms with Crippen LogP contribution in [-0.4, -0.2) is 13.2 Å². The first-order valence-corrected chi connectivity index (χ1v) is 4.21. The number of aromatic nitrogens is 1. The Labute approximate surface area is 73.8 Å². The maximum atomic E-state index is 5.16. The Morgan fingerprint density at radius 3 is 2.50 bits per heavy atom. The van der Waals surface area contributed by atoms with Gasteiger partial charge in [0.25, 0.3) is 0 Å². The van der Waals surface area contributed by atoms with E-state index < -0.39 is 0 Å². The lowest BCUT2D eigenvalue weighted by Gasteiger charge is -2.04. The summed E-state index contributed by atoms with van der Waals surface area (Å²) in [5, 5.41) is 0.